The molecule has 3 aromatic carbocycles. The van der Waals surface area contributed by atoms with Gasteiger partial charge in [-0.25, -0.2) is 0 Å². The molecule has 0 bridgehead atoms. The van der Waals surface area contributed by atoms with E-state index in [4.69, 9.17) is 21.7 Å². The van der Waals surface area contributed by atoms with Gasteiger partial charge in [0.25, 0.3) is 5.91 Å². The molecule has 0 heterocycles. The van der Waals surface area contributed by atoms with Gasteiger partial charge in [0.05, 0.1) is 18.2 Å². The lowest BCUT2D eigenvalue weighted by atomic mass is 10.1. The lowest BCUT2D eigenvalue weighted by Crippen LogP contribution is -2.34. The number of carbonyl (C=O) groups is 1. The molecule has 0 aliphatic heterocycles. The highest BCUT2D eigenvalue weighted by Crippen LogP contribution is 2.25. The summed E-state index contributed by atoms with van der Waals surface area (Å²) in [6.07, 6.45) is 1.89. The number of anilines is 1. The lowest BCUT2D eigenvalue weighted by Gasteiger charge is -2.12. The molecule has 0 aromatic heterocycles. The van der Waals surface area contributed by atoms with Crippen molar-refractivity contribution in [1.82, 2.24) is 5.32 Å². The molecule has 0 aliphatic carbocycles. The summed E-state index contributed by atoms with van der Waals surface area (Å²) < 4.78 is 11.7. The van der Waals surface area contributed by atoms with E-state index in [0.717, 1.165) is 24.3 Å². The highest BCUT2D eigenvalue weighted by Gasteiger charge is 2.11. The second kappa shape index (κ2) is 11.5. The Morgan fingerprint density at radius 3 is 2.58 bits per heavy atom. The number of hydrogen-bond acceptors (Lipinski definition) is 4. The molecule has 5 nitrogen and oxygen atoms in total. The van der Waals surface area contributed by atoms with Gasteiger partial charge >= 0.3 is 0 Å². The summed E-state index contributed by atoms with van der Waals surface area (Å²) in [5.74, 6) is 1.08. The Morgan fingerprint density at radius 2 is 1.84 bits per heavy atom. The van der Waals surface area contributed by atoms with E-state index in [2.05, 4.69) is 38.7 Å². The van der Waals surface area contributed by atoms with Gasteiger partial charge in [-0.15, -0.1) is 0 Å². The van der Waals surface area contributed by atoms with E-state index >= 15 is 0 Å². The molecule has 160 valence electrons. The summed E-state index contributed by atoms with van der Waals surface area (Å²) in [7, 11) is 1.57. The van der Waals surface area contributed by atoms with E-state index in [0.29, 0.717) is 22.4 Å². The Balaban J connectivity index is 1.48. The fraction of sp³-hybridized carbons (Fsp3) is 0.167. The van der Waals surface area contributed by atoms with E-state index in [1.807, 2.05) is 42.5 Å². The zero-order valence-electron chi connectivity index (χ0n) is 17.1. The first-order chi connectivity index (χ1) is 15.0. The number of rotatable bonds is 8. The molecule has 3 aromatic rings. The number of thiocarbonyl (C=S) groups is 1. The van der Waals surface area contributed by atoms with Crippen LogP contribution in [-0.2, 0) is 6.42 Å². The Bertz CT molecular complexity index is 1040. The number of halogens is 1. The normalized spacial score (nSPS) is 10.3. The van der Waals surface area contributed by atoms with Gasteiger partial charge in [-0.3, -0.25) is 10.1 Å². The molecular weight excluding hydrogens is 476 g/mol. The fourth-order valence-corrected chi connectivity index (χ4v) is 3.67. The Hall–Kier alpha value is -2.90. The highest BCUT2D eigenvalue weighted by molar-refractivity contribution is 9.10. The van der Waals surface area contributed by atoms with Gasteiger partial charge in [0.15, 0.2) is 5.11 Å². The monoisotopic (exact) mass is 498 g/mol. The predicted molar refractivity (Wildman–Crippen MR) is 131 cm³/mol. The number of carbonyl (C=O) groups excluding carboxylic acids is 1. The number of hydrogen-bond donors (Lipinski definition) is 2. The van der Waals surface area contributed by atoms with Crippen LogP contribution in [0.3, 0.4) is 0 Å². The van der Waals surface area contributed by atoms with Gasteiger partial charge in [0.2, 0.25) is 0 Å². The van der Waals surface area contributed by atoms with Crippen LogP contribution in [-0.4, -0.2) is 24.7 Å². The highest BCUT2D eigenvalue weighted by atomic mass is 79.9. The average molecular weight is 499 g/mol. The van der Waals surface area contributed by atoms with Crippen LogP contribution in [0.5, 0.6) is 11.5 Å². The van der Waals surface area contributed by atoms with Crippen LogP contribution < -0.4 is 20.1 Å². The first kappa shape index (κ1) is 22.8. The first-order valence-corrected chi connectivity index (χ1v) is 11.0. The molecule has 0 fully saturated rings. The summed E-state index contributed by atoms with van der Waals surface area (Å²) in [6, 6.07) is 22.9. The third-order valence-corrected chi connectivity index (χ3v) is 5.28. The van der Waals surface area contributed by atoms with E-state index in [1.54, 1.807) is 25.3 Å². The predicted octanol–water partition coefficient (Wildman–Crippen LogP) is 5.60. The maximum atomic E-state index is 12.4. The third-order valence-electron chi connectivity index (χ3n) is 4.45. The minimum absolute atomic E-state index is 0.207. The standard InChI is InChI=1S/C24H23BrN2O3S/c1-29-22-13-12-18(15-21(22)25)23(28)27-24(31)26-19-10-5-11-20(16-19)30-14-6-9-17-7-3-2-4-8-17/h2-5,7-8,10-13,15-16H,6,9,14H2,1H3,(H2,26,27,28,31). The SMILES string of the molecule is COc1ccc(C(=O)NC(=S)Nc2cccc(OCCCc3ccccc3)c2)cc1Br. The molecule has 31 heavy (non-hydrogen) atoms. The number of ether oxygens (including phenoxy) is 2. The lowest BCUT2D eigenvalue weighted by molar-refractivity contribution is 0.0977. The van der Waals surface area contributed by atoms with Crippen LogP contribution in [0.15, 0.2) is 77.3 Å². The average Bonchev–Trinajstić information content (AvgIpc) is 2.77. The summed E-state index contributed by atoms with van der Waals surface area (Å²) in [4.78, 5) is 12.4. The minimum atomic E-state index is -0.311. The number of benzene rings is 3. The van der Waals surface area contributed by atoms with E-state index < -0.39 is 0 Å². The number of nitrogens with one attached hydrogen (secondary N) is 2. The van der Waals surface area contributed by atoms with Crippen molar-refractivity contribution in [1.29, 1.82) is 0 Å². The van der Waals surface area contributed by atoms with Gasteiger partial charge in [-0.2, -0.15) is 0 Å². The molecular formula is C24H23BrN2O3S. The Labute approximate surface area is 195 Å². The maximum Gasteiger partial charge on any atom is 0.257 e. The van der Waals surface area contributed by atoms with Crippen LogP contribution >= 0.6 is 28.1 Å². The van der Waals surface area contributed by atoms with Crippen LogP contribution in [0, 0.1) is 0 Å². The van der Waals surface area contributed by atoms with Gasteiger partial charge in [0.1, 0.15) is 11.5 Å². The van der Waals surface area contributed by atoms with Crippen LogP contribution in [0.2, 0.25) is 0 Å². The maximum absolute atomic E-state index is 12.4. The van der Waals surface area contributed by atoms with E-state index in [-0.39, 0.29) is 11.0 Å². The van der Waals surface area contributed by atoms with Crippen molar-refractivity contribution in [2.24, 2.45) is 0 Å². The van der Waals surface area contributed by atoms with Crippen molar-refractivity contribution >= 4 is 44.9 Å². The number of methoxy groups -OCH3 is 1. The number of amides is 1. The molecule has 2 N–H and O–H groups in total. The molecule has 0 saturated heterocycles. The van der Waals surface area contributed by atoms with Crippen molar-refractivity contribution in [3.8, 4) is 11.5 Å². The van der Waals surface area contributed by atoms with Crippen molar-refractivity contribution in [2.75, 3.05) is 19.0 Å². The smallest absolute Gasteiger partial charge is 0.257 e. The Kier molecular flexibility index (Phi) is 8.44. The second-order valence-corrected chi connectivity index (χ2v) is 7.99. The summed E-state index contributed by atoms with van der Waals surface area (Å²) in [5, 5.41) is 5.90. The first-order valence-electron chi connectivity index (χ1n) is 9.78. The minimum Gasteiger partial charge on any atom is -0.496 e. The Morgan fingerprint density at radius 1 is 1.03 bits per heavy atom. The van der Waals surface area contributed by atoms with Crippen LogP contribution in [0.1, 0.15) is 22.3 Å². The van der Waals surface area contributed by atoms with Crippen LogP contribution in [0.4, 0.5) is 5.69 Å². The topological polar surface area (TPSA) is 59.6 Å². The van der Waals surface area contributed by atoms with Crippen molar-refractivity contribution in [3.05, 3.63) is 88.4 Å². The van der Waals surface area contributed by atoms with Crippen molar-refractivity contribution in [2.45, 2.75) is 12.8 Å². The molecule has 3 rings (SSSR count). The number of aryl methyl sites for hydroxylation is 1. The molecule has 0 spiro atoms. The summed E-state index contributed by atoms with van der Waals surface area (Å²) >= 11 is 8.65. The third kappa shape index (κ3) is 7.08. The van der Waals surface area contributed by atoms with Gasteiger partial charge in [-0.1, -0.05) is 36.4 Å². The molecule has 0 aliphatic rings. The van der Waals surface area contributed by atoms with Crippen molar-refractivity contribution in [3.63, 3.8) is 0 Å². The fourth-order valence-electron chi connectivity index (χ4n) is 2.92. The van der Waals surface area contributed by atoms with Crippen molar-refractivity contribution < 1.29 is 14.3 Å². The molecule has 1 amide bonds. The van der Waals surface area contributed by atoms with Gasteiger partial charge in [0, 0.05) is 17.3 Å². The van der Waals surface area contributed by atoms with Gasteiger partial charge < -0.3 is 14.8 Å². The zero-order chi connectivity index (χ0) is 22.1. The largest absolute Gasteiger partial charge is 0.496 e. The van der Waals surface area contributed by atoms with Gasteiger partial charge in [-0.05, 0) is 76.9 Å². The molecule has 0 radical (unpaired) electrons. The molecule has 0 saturated carbocycles. The van der Waals surface area contributed by atoms with E-state index in [9.17, 15) is 4.79 Å². The van der Waals surface area contributed by atoms with E-state index in [1.165, 1.54) is 5.56 Å². The summed E-state index contributed by atoms with van der Waals surface area (Å²) in [5.41, 5.74) is 2.50. The second-order valence-electron chi connectivity index (χ2n) is 6.72. The molecule has 7 heteroatoms. The molecule has 0 unspecified atom stereocenters. The quantitative estimate of drug-likeness (QED) is 0.312. The zero-order valence-corrected chi connectivity index (χ0v) is 19.5. The molecule has 0 atom stereocenters. The summed E-state index contributed by atoms with van der Waals surface area (Å²) in [6.45, 7) is 0.617. The van der Waals surface area contributed by atoms with Crippen LogP contribution in [0.25, 0.3) is 0 Å².